The molecule has 11 heteroatoms. The van der Waals surface area contributed by atoms with Crippen LogP contribution in [0.15, 0.2) is 42.9 Å². The average Bonchev–Trinajstić information content (AvgIpc) is 3.04. The number of hydrogen-bond donors (Lipinski definition) is 4. The van der Waals surface area contributed by atoms with E-state index < -0.39 is 10.0 Å². The van der Waals surface area contributed by atoms with Crippen LogP contribution in [0.1, 0.15) is 14.0 Å². The molecule has 2 aromatic heterocycles. The van der Waals surface area contributed by atoms with E-state index >= 15 is 0 Å². The highest BCUT2D eigenvalue weighted by atomic mass is 32.2. The molecule has 0 atom stereocenters. The van der Waals surface area contributed by atoms with Gasteiger partial charge >= 0.3 is 0 Å². The van der Waals surface area contributed by atoms with Crippen molar-refractivity contribution in [3.8, 4) is 0 Å². The van der Waals surface area contributed by atoms with Gasteiger partial charge in [-0.25, -0.2) is 13.4 Å². The van der Waals surface area contributed by atoms with Gasteiger partial charge in [0.2, 0.25) is 16.0 Å². The van der Waals surface area contributed by atoms with Gasteiger partial charge in [0.25, 0.3) is 0 Å². The van der Waals surface area contributed by atoms with Crippen molar-refractivity contribution in [1.82, 2.24) is 19.7 Å². The molecule has 0 bridgehead atoms. The Morgan fingerprint density at radius 3 is 2.75 bits per heavy atom. The summed E-state index contributed by atoms with van der Waals surface area (Å²) in [5.41, 5.74) is 2.46. The van der Waals surface area contributed by atoms with Crippen molar-refractivity contribution in [2.45, 2.75) is 6.54 Å². The van der Waals surface area contributed by atoms with E-state index in [1.807, 2.05) is 6.07 Å². The molecule has 0 amide bonds. The first kappa shape index (κ1) is 19.3. The highest BCUT2D eigenvalue weighted by Gasteiger charge is 2.10. The number of aryl methyl sites for hydroxylation is 1. The second kappa shape index (κ2) is 8.05. The molecular formula is C17H24N8O2S. The summed E-state index contributed by atoms with van der Waals surface area (Å²) in [6, 6.07) is 7.06. The van der Waals surface area contributed by atoms with Crippen molar-refractivity contribution in [3.05, 3.63) is 54.0 Å². The molecular weight excluding hydrogens is 380 g/mol. The molecule has 2 heterocycles. The maximum atomic E-state index is 11.6. The topological polar surface area (TPSA) is 138 Å². The first-order chi connectivity index (χ1) is 13.3. The molecule has 0 saturated carbocycles. The highest BCUT2D eigenvalue weighted by molar-refractivity contribution is 7.92. The fourth-order valence-corrected chi connectivity index (χ4v) is 3.06. The summed E-state index contributed by atoms with van der Waals surface area (Å²) >= 11 is 0. The van der Waals surface area contributed by atoms with Crippen LogP contribution in [-0.4, -0.2) is 40.6 Å². The van der Waals surface area contributed by atoms with Gasteiger partial charge in [0, 0.05) is 35.1 Å². The van der Waals surface area contributed by atoms with Gasteiger partial charge in [-0.15, -0.1) is 0 Å². The highest BCUT2D eigenvalue weighted by Crippen LogP contribution is 2.20. The van der Waals surface area contributed by atoms with E-state index in [2.05, 4.69) is 30.4 Å². The van der Waals surface area contributed by atoms with Crippen molar-refractivity contribution >= 4 is 39.4 Å². The average molecular weight is 405 g/mol. The summed E-state index contributed by atoms with van der Waals surface area (Å²) < 4.78 is 27.2. The van der Waals surface area contributed by atoms with Crippen LogP contribution in [0, 0.1) is 5.41 Å². The smallest absolute Gasteiger partial charge is 0.229 e. The number of aromatic nitrogens is 4. The van der Waals surface area contributed by atoms with E-state index in [1.165, 1.54) is 6.20 Å². The summed E-state index contributed by atoms with van der Waals surface area (Å²) in [7, 11) is -1.59. The van der Waals surface area contributed by atoms with Crippen LogP contribution in [0.5, 0.6) is 0 Å². The molecule has 28 heavy (non-hydrogen) atoms. The maximum Gasteiger partial charge on any atom is 0.229 e. The quantitative estimate of drug-likeness (QED) is 0.423. The molecule has 0 aliphatic carbocycles. The predicted molar refractivity (Wildman–Crippen MR) is 113 cm³/mol. The SMILES string of the molecule is Cn1cc(Nc2ncc(C=N)c(NCc3ccccc3NS(C)(=O)=O)n2)cn1.[HH].[HH]. The van der Waals surface area contributed by atoms with Crippen LogP contribution in [-0.2, 0) is 23.6 Å². The van der Waals surface area contributed by atoms with E-state index in [4.69, 9.17) is 5.41 Å². The first-order valence-electron chi connectivity index (χ1n) is 8.27. The Balaban J connectivity index is 0.00000225. The summed E-state index contributed by atoms with van der Waals surface area (Å²) in [5, 5.41) is 17.8. The molecule has 0 saturated heterocycles. The number of hydrogen-bond acceptors (Lipinski definition) is 8. The van der Waals surface area contributed by atoms with Crippen molar-refractivity contribution in [2.24, 2.45) is 7.05 Å². The minimum Gasteiger partial charge on any atom is -0.365 e. The van der Waals surface area contributed by atoms with E-state index in [9.17, 15) is 8.42 Å². The molecule has 0 aliphatic heterocycles. The summed E-state index contributed by atoms with van der Waals surface area (Å²) in [6.45, 7) is 0.308. The van der Waals surface area contributed by atoms with Gasteiger partial charge in [-0.1, -0.05) is 18.2 Å². The van der Waals surface area contributed by atoms with Crippen LogP contribution in [0.25, 0.3) is 0 Å². The number of benzene rings is 1. The van der Waals surface area contributed by atoms with Gasteiger partial charge < -0.3 is 16.0 Å². The lowest BCUT2D eigenvalue weighted by molar-refractivity contribution is 0.606. The standard InChI is InChI=1S/C17H20N8O2S.2H2/c1-25-11-14(10-21-25)22-17-20-9-13(7-18)16(23-17)19-8-12-5-3-4-6-15(12)24-28(2,26)27;;/h3-7,9-11,18,24H,8H2,1-2H3,(H2,19,20,22,23);2*1H. The second-order valence-electron chi connectivity index (χ2n) is 6.05. The Morgan fingerprint density at radius 1 is 1.29 bits per heavy atom. The largest absolute Gasteiger partial charge is 0.365 e. The Hall–Kier alpha value is -3.47. The molecule has 0 spiro atoms. The van der Waals surface area contributed by atoms with Gasteiger partial charge in [-0.05, 0) is 11.6 Å². The van der Waals surface area contributed by atoms with Crippen molar-refractivity contribution in [1.29, 1.82) is 5.41 Å². The lowest BCUT2D eigenvalue weighted by atomic mass is 10.2. The van der Waals surface area contributed by atoms with Crippen LogP contribution in [0.2, 0.25) is 0 Å². The number of nitrogens with zero attached hydrogens (tertiary/aromatic N) is 4. The van der Waals surface area contributed by atoms with Crippen LogP contribution in [0.4, 0.5) is 23.1 Å². The molecule has 0 unspecified atom stereocenters. The molecule has 3 aromatic rings. The van der Waals surface area contributed by atoms with Gasteiger partial charge in [0.05, 0.1) is 29.4 Å². The normalized spacial score (nSPS) is 11.1. The van der Waals surface area contributed by atoms with E-state index in [0.717, 1.165) is 23.7 Å². The second-order valence-corrected chi connectivity index (χ2v) is 7.80. The van der Waals surface area contributed by atoms with Gasteiger partial charge in [0.1, 0.15) is 5.82 Å². The fraction of sp³-hybridized carbons (Fsp3) is 0.176. The third kappa shape index (κ3) is 5.04. The third-order valence-corrected chi connectivity index (χ3v) is 4.28. The Morgan fingerprint density at radius 2 is 2.07 bits per heavy atom. The zero-order valence-corrected chi connectivity index (χ0v) is 16.2. The molecule has 0 fully saturated rings. The number of anilines is 4. The van der Waals surface area contributed by atoms with Crippen LogP contribution >= 0.6 is 0 Å². The Bertz CT molecular complexity index is 1100. The number of sulfonamides is 1. The molecule has 1 aromatic carbocycles. The number of nitrogens with one attached hydrogen (secondary N) is 4. The maximum absolute atomic E-state index is 11.6. The van der Waals surface area contributed by atoms with Crippen molar-refractivity contribution < 1.29 is 11.3 Å². The molecule has 0 aliphatic rings. The summed E-state index contributed by atoms with van der Waals surface area (Å²) in [5.74, 6) is 0.800. The predicted octanol–water partition coefficient (Wildman–Crippen LogP) is 2.43. The minimum atomic E-state index is -3.39. The monoisotopic (exact) mass is 404 g/mol. The van der Waals surface area contributed by atoms with E-state index in [1.54, 1.807) is 42.3 Å². The minimum absolute atomic E-state index is 0. The Labute approximate surface area is 165 Å². The molecule has 10 nitrogen and oxygen atoms in total. The van der Waals surface area contributed by atoms with Gasteiger partial charge in [-0.3, -0.25) is 9.40 Å². The van der Waals surface area contributed by atoms with Crippen LogP contribution in [0.3, 0.4) is 0 Å². The zero-order valence-electron chi connectivity index (χ0n) is 15.3. The third-order valence-electron chi connectivity index (χ3n) is 3.69. The van der Waals surface area contributed by atoms with Crippen molar-refractivity contribution in [2.75, 3.05) is 21.6 Å². The van der Waals surface area contributed by atoms with Gasteiger partial charge in [0.15, 0.2) is 0 Å². The lowest BCUT2D eigenvalue weighted by Crippen LogP contribution is -2.13. The van der Waals surface area contributed by atoms with E-state index in [0.29, 0.717) is 29.6 Å². The lowest BCUT2D eigenvalue weighted by Gasteiger charge is -2.13. The Kier molecular flexibility index (Phi) is 5.54. The molecule has 4 N–H and O–H groups in total. The number of rotatable bonds is 8. The van der Waals surface area contributed by atoms with Crippen molar-refractivity contribution in [3.63, 3.8) is 0 Å². The van der Waals surface area contributed by atoms with E-state index in [-0.39, 0.29) is 2.85 Å². The zero-order chi connectivity index (χ0) is 20.1. The summed E-state index contributed by atoms with van der Waals surface area (Å²) in [4.78, 5) is 8.60. The van der Waals surface area contributed by atoms with Crippen LogP contribution < -0.4 is 15.4 Å². The molecule has 150 valence electrons. The first-order valence-corrected chi connectivity index (χ1v) is 10.2. The molecule has 0 radical (unpaired) electrons. The molecule has 3 rings (SSSR count). The summed E-state index contributed by atoms with van der Waals surface area (Å²) in [6.07, 6.45) is 7.21. The number of para-hydroxylation sites is 1. The van der Waals surface area contributed by atoms with Gasteiger partial charge in [-0.2, -0.15) is 10.1 Å². The fourth-order valence-electron chi connectivity index (χ4n) is 2.47.